The molecule has 1 aliphatic heterocycles. The van der Waals surface area contributed by atoms with Crippen LogP contribution in [0.1, 0.15) is 29.2 Å². The molecule has 1 aromatic carbocycles. The van der Waals surface area contributed by atoms with Crippen molar-refractivity contribution in [3.8, 4) is 0 Å². The Balaban J connectivity index is 2.15. The van der Waals surface area contributed by atoms with Crippen LogP contribution in [0.2, 0.25) is 0 Å². The molecule has 1 amide bonds. The molecule has 2 heterocycles. The van der Waals surface area contributed by atoms with E-state index in [2.05, 4.69) is 26.3 Å². The first-order valence-electron chi connectivity index (χ1n) is 6.25. The lowest BCUT2D eigenvalue weighted by atomic mass is 9.86. The number of carbonyl (C=O) groups is 1. The molecule has 1 N–H and O–H groups in total. The average Bonchev–Trinajstić information content (AvgIpc) is 2.67. The molecular weight excluding hydrogens is 325 g/mol. The van der Waals surface area contributed by atoms with Gasteiger partial charge in [0.15, 0.2) is 0 Å². The fourth-order valence-corrected chi connectivity index (χ4v) is 3.12. The van der Waals surface area contributed by atoms with Gasteiger partial charge in [0.25, 0.3) is 0 Å². The van der Waals surface area contributed by atoms with Crippen molar-refractivity contribution in [3.63, 3.8) is 0 Å². The van der Waals surface area contributed by atoms with Crippen molar-refractivity contribution in [2.45, 2.75) is 19.3 Å². The Labute approximate surface area is 124 Å². The zero-order valence-corrected chi connectivity index (χ0v) is 12.7. The molecule has 0 saturated carbocycles. The Bertz CT molecular complexity index is 711. The monoisotopic (exact) mass is 337 g/mol. The van der Waals surface area contributed by atoms with Gasteiger partial charge in [-0.1, -0.05) is 6.07 Å². The van der Waals surface area contributed by atoms with E-state index in [-0.39, 0.29) is 17.6 Å². The minimum absolute atomic E-state index is 0.0500. The quantitative estimate of drug-likeness (QED) is 0.869. The highest BCUT2D eigenvalue weighted by Crippen LogP contribution is 2.39. The molecule has 0 radical (unpaired) electrons. The van der Waals surface area contributed by atoms with Crippen molar-refractivity contribution in [2.24, 2.45) is 7.05 Å². The van der Waals surface area contributed by atoms with Gasteiger partial charge in [0.05, 0.1) is 10.2 Å². The fourth-order valence-electron chi connectivity index (χ4n) is 2.72. The molecule has 1 atom stereocenters. The molecule has 1 aromatic heterocycles. The van der Waals surface area contributed by atoms with Gasteiger partial charge >= 0.3 is 0 Å². The summed E-state index contributed by atoms with van der Waals surface area (Å²) >= 11 is 3.20. The van der Waals surface area contributed by atoms with Gasteiger partial charge in [0, 0.05) is 24.9 Å². The van der Waals surface area contributed by atoms with Crippen LogP contribution in [0.15, 0.2) is 22.7 Å². The molecule has 104 valence electrons. The van der Waals surface area contributed by atoms with Crippen LogP contribution in [0.5, 0.6) is 0 Å². The van der Waals surface area contributed by atoms with Crippen molar-refractivity contribution in [2.75, 3.05) is 5.32 Å². The molecule has 20 heavy (non-hydrogen) atoms. The SMILES string of the molecule is Cc1nn(C)c2c1[C@H](c1ccc(F)c(Br)c1)CC(=O)N2. The van der Waals surface area contributed by atoms with Crippen molar-refractivity contribution in [3.05, 3.63) is 45.3 Å². The van der Waals surface area contributed by atoms with Gasteiger partial charge < -0.3 is 5.32 Å². The Morgan fingerprint density at radius 3 is 2.95 bits per heavy atom. The highest BCUT2D eigenvalue weighted by Gasteiger charge is 2.31. The van der Waals surface area contributed by atoms with Gasteiger partial charge in [-0.15, -0.1) is 0 Å². The molecule has 2 aromatic rings. The van der Waals surface area contributed by atoms with Gasteiger partial charge in [-0.25, -0.2) is 4.39 Å². The lowest BCUT2D eigenvalue weighted by Gasteiger charge is -2.24. The summed E-state index contributed by atoms with van der Waals surface area (Å²) in [5.41, 5.74) is 2.80. The fraction of sp³-hybridized carbons (Fsp3) is 0.286. The molecule has 4 nitrogen and oxygen atoms in total. The lowest BCUT2D eigenvalue weighted by molar-refractivity contribution is -0.116. The first-order chi connectivity index (χ1) is 9.47. The van der Waals surface area contributed by atoms with E-state index in [4.69, 9.17) is 0 Å². The molecule has 0 saturated heterocycles. The number of rotatable bonds is 1. The number of nitrogens with zero attached hydrogens (tertiary/aromatic N) is 2. The standard InChI is InChI=1S/C14H13BrFN3O/c1-7-13-9(8-3-4-11(16)10(15)5-8)6-12(20)17-14(13)19(2)18-7/h3-5,9H,6H2,1-2H3,(H,17,20)/t9-/m0/s1. The van der Waals surface area contributed by atoms with Crippen LogP contribution in [0.25, 0.3) is 0 Å². The second-order valence-electron chi connectivity index (χ2n) is 4.95. The summed E-state index contributed by atoms with van der Waals surface area (Å²) in [6, 6.07) is 4.87. The number of aryl methyl sites for hydroxylation is 2. The molecule has 6 heteroatoms. The maximum atomic E-state index is 13.4. The van der Waals surface area contributed by atoms with E-state index in [1.165, 1.54) is 6.07 Å². The first kappa shape index (κ1) is 13.3. The van der Waals surface area contributed by atoms with Crippen LogP contribution in [0.4, 0.5) is 10.2 Å². The number of amides is 1. The van der Waals surface area contributed by atoms with Crippen LogP contribution in [-0.4, -0.2) is 15.7 Å². The number of hydrogen-bond acceptors (Lipinski definition) is 2. The molecule has 0 fully saturated rings. The summed E-state index contributed by atoms with van der Waals surface area (Å²) in [4.78, 5) is 11.9. The number of halogens is 2. The van der Waals surface area contributed by atoms with Gasteiger partial charge in [-0.05, 0) is 40.5 Å². The number of hydrogen-bond donors (Lipinski definition) is 1. The second kappa shape index (κ2) is 4.70. The van der Waals surface area contributed by atoms with E-state index < -0.39 is 0 Å². The number of fused-ring (bicyclic) bond motifs is 1. The summed E-state index contributed by atoms with van der Waals surface area (Å²) in [5, 5.41) is 7.21. The van der Waals surface area contributed by atoms with E-state index in [1.54, 1.807) is 23.9 Å². The van der Waals surface area contributed by atoms with Crippen LogP contribution < -0.4 is 5.32 Å². The van der Waals surface area contributed by atoms with Gasteiger partial charge in [0.1, 0.15) is 11.6 Å². The smallest absolute Gasteiger partial charge is 0.226 e. The van der Waals surface area contributed by atoms with E-state index >= 15 is 0 Å². The van der Waals surface area contributed by atoms with Gasteiger partial charge in [-0.3, -0.25) is 9.48 Å². The molecule has 1 aliphatic rings. The summed E-state index contributed by atoms with van der Waals surface area (Å²) in [5.74, 6) is 0.275. The zero-order chi connectivity index (χ0) is 14.4. The molecule has 3 rings (SSSR count). The van der Waals surface area contributed by atoms with Crippen LogP contribution in [-0.2, 0) is 11.8 Å². The Morgan fingerprint density at radius 2 is 2.25 bits per heavy atom. The maximum absolute atomic E-state index is 13.4. The summed E-state index contributed by atoms with van der Waals surface area (Å²) < 4.78 is 15.5. The predicted octanol–water partition coefficient (Wildman–Crippen LogP) is 3.10. The summed E-state index contributed by atoms with van der Waals surface area (Å²) in [6.07, 6.45) is 0.345. The minimum Gasteiger partial charge on any atom is -0.311 e. The number of aromatic nitrogens is 2. The summed E-state index contributed by atoms with van der Waals surface area (Å²) in [6.45, 7) is 1.92. The van der Waals surface area contributed by atoms with E-state index in [9.17, 15) is 9.18 Å². The number of nitrogens with one attached hydrogen (secondary N) is 1. The number of benzene rings is 1. The average molecular weight is 338 g/mol. The third-order valence-electron chi connectivity index (χ3n) is 3.61. The number of carbonyl (C=O) groups excluding carboxylic acids is 1. The van der Waals surface area contributed by atoms with Crippen molar-refractivity contribution < 1.29 is 9.18 Å². The highest BCUT2D eigenvalue weighted by atomic mass is 79.9. The molecular formula is C14H13BrFN3O. The maximum Gasteiger partial charge on any atom is 0.226 e. The third kappa shape index (κ3) is 2.04. The normalized spacial score (nSPS) is 17.8. The van der Waals surface area contributed by atoms with Crippen LogP contribution in [0, 0.1) is 12.7 Å². The van der Waals surface area contributed by atoms with Gasteiger partial charge in [0.2, 0.25) is 5.91 Å². The van der Waals surface area contributed by atoms with Crippen molar-refractivity contribution in [1.82, 2.24) is 9.78 Å². The zero-order valence-electron chi connectivity index (χ0n) is 11.1. The predicted molar refractivity (Wildman–Crippen MR) is 77.1 cm³/mol. The largest absolute Gasteiger partial charge is 0.311 e. The second-order valence-corrected chi connectivity index (χ2v) is 5.80. The van der Waals surface area contributed by atoms with E-state index in [1.807, 2.05) is 6.92 Å². The molecule has 0 aliphatic carbocycles. The molecule has 0 bridgehead atoms. The number of anilines is 1. The highest BCUT2D eigenvalue weighted by molar-refractivity contribution is 9.10. The van der Waals surface area contributed by atoms with Crippen molar-refractivity contribution >= 4 is 27.7 Å². The van der Waals surface area contributed by atoms with E-state index in [0.717, 1.165) is 22.6 Å². The topological polar surface area (TPSA) is 46.9 Å². The minimum atomic E-state index is -0.308. The molecule has 0 spiro atoms. The third-order valence-corrected chi connectivity index (χ3v) is 4.22. The van der Waals surface area contributed by atoms with Crippen LogP contribution in [0.3, 0.4) is 0 Å². The Morgan fingerprint density at radius 1 is 1.50 bits per heavy atom. The Hall–Kier alpha value is -1.69. The lowest BCUT2D eigenvalue weighted by Crippen LogP contribution is -2.24. The molecule has 0 unspecified atom stereocenters. The Kier molecular flexibility index (Phi) is 3.12. The van der Waals surface area contributed by atoms with Crippen LogP contribution >= 0.6 is 15.9 Å². The van der Waals surface area contributed by atoms with Gasteiger partial charge in [-0.2, -0.15) is 5.10 Å². The van der Waals surface area contributed by atoms with E-state index in [0.29, 0.717) is 10.9 Å². The van der Waals surface area contributed by atoms with Crippen molar-refractivity contribution in [1.29, 1.82) is 0 Å². The summed E-state index contributed by atoms with van der Waals surface area (Å²) in [7, 11) is 1.80. The first-order valence-corrected chi connectivity index (χ1v) is 7.05.